The summed E-state index contributed by atoms with van der Waals surface area (Å²) < 4.78 is 0. The molecule has 2 amide bonds. The van der Waals surface area contributed by atoms with Gasteiger partial charge in [-0.3, -0.25) is 4.90 Å². The molecular weight excluding hydrogens is 372 g/mol. The van der Waals surface area contributed by atoms with Crippen LogP contribution in [0.3, 0.4) is 0 Å². The van der Waals surface area contributed by atoms with Gasteiger partial charge in [0.15, 0.2) is 0 Å². The number of carbonyl (C=O) groups excluding carboxylic acids is 1. The second-order valence-electron chi connectivity index (χ2n) is 8.81. The number of carbonyl (C=O) groups is 1. The van der Waals surface area contributed by atoms with Crippen LogP contribution in [0.2, 0.25) is 0 Å². The minimum absolute atomic E-state index is 0.0920. The van der Waals surface area contributed by atoms with Gasteiger partial charge in [0, 0.05) is 45.3 Å². The average molecular weight is 407 g/mol. The van der Waals surface area contributed by atoms with Gasteiger partial charge in [-0.15, -0.1) is 0 Å². The highest BCUT2D eigenvalue weighted by Gasteiger charge is 2.31. The second kappa shape index (κ2) is 9.63. The molecular formula is C25H34N4O. The molecule has 2 heterocycles. The fraction of sp³-hybridized carbons (Fsp3) is 0.480. The predicted molar refractivity (Wildman–Crippen MR) is 121 cm³/mol. The Bertz CT molecular complexity index is 832. The molecule has 0 radical (unpaired) electrons. The first-order chi connectivity index (χ1) is 14.6. The van der Waals surface area contributed by atoms with Gasteiger partial charge >= 0.3 is 6.03 Å². The summed E-state index contributed by atoms with van der Waals surface area (Å²) in [6, 6.07) is 19.5. The third-order valence-corrected chi connectivity index (χ3v) is 6.60. The third-order valence-electron chi connectivity index (χ3n) is 6.60. The van der Waals surface area contributed by atoms with Crippen LogP contribution in [0.5, 0.6) is 0 Å². The molecule has 5 heteroatoms. The zero-order chi connectivity index (χ0) is 20.9. The normalized spacial score (nSPS) is 21.5. The second-order valence-corrected chi connectivity index (χ2v) is 8.81. The lowest BCUT2D eigenvalue weighted by atomic mass is 10.0. The number of likely N-dealkylation sites (tertiary alicyclic amines) is 1. The van der Waals surface area contributed by atoms with E-state index < -0.39 is 0 Å². The zero-order valence-corrected chi connectivity index (χ0v) is 18.3. The number of piperazine rings is 1. The number of benzene rings is 2. The van der Waals surface area contributed by atoms with Gasteiger partial charge in [-0.05, 0) is 43.5 Å². The average Bonchev–Trinajstić information content (AvgIpc) is 2.77. The number of nitrogens with zero attached hydrogens (tertiary/aromatic N) is 3. The molecule has 0 aromatic heterocycles. The maximum Gasteiger partial charge on any atom is 0.318 e. The highest BCUT2D eigenvalue weighted by molar-refractivity contribution is 5.75. The largest absolute Gasteiger partial charge is 0.335 e. The molecule has 2 saturated heterocycles. The molecule has 0 aliphatic carbocycles. The van der Waals surface area contributed by atoms with E-state index in [0.29, 0.717) is 0 Å². The monoisotopic (exact) mass is 406 g/mol. The molecule has 2 aliphatic rings. The van der Waals surface area contributed by atoms with Crippen molar-refractivity contribution in [1.82, 2.24) is 20.0 Å². The van der Waals surface area contributed by atoms with Gasteiger partial charge in [0.25, 0.3) is 0 Å². The molecule has 30 heavy (non-hydrogen) atoms. The summed E-state index contributed by atoms with van der Waals surface area (Å²) in [6.45, 7) is 7.82. The zero-order valence-electron chi connectivity index (χ0n) is 18.3. The number of hydrogen-bond acceptors (Lipinski definition) is 3. The Morgan fingerprint density at radius 3 is 2.40 bits per heavy atom. The first-order valence-electron chi connectivity index (χ1n) is 11.2. The van der Waals surface area contributed by atoms with Gasteiger partial charge in [0.05, 0.1) is 6.04 Å². The van der Waals surface area contributed by atoms with Crippen LogP contribution in [0.15, 0.2) is 54.6 Å². The minimum atomic E-state index is 0.0920. The van der Waals surface area contributed by atoms with Crippen LogP contribution < -0.4 is 5.32 Å². The highest BCUT2D eigenvalue weighted by Crippen LogP contribution is 2.25. The van der Waals surface area contributed by atoms with Crippen LogP contribution in [0.25, 0.3) is 0 Å². The van der Waals surface area contributed by atoms with Crippen molar-refractivity contribution < 1.29 is 4.79 Å². The molecule has 160 valence electrons. The van der Waals surface area contributed by atoms with Crippen molar-refractivity contribution in [2.45, 2.75) is 38.4 Å². The van der Waals surface area contributed by atoms with Crippen molar-refractivity contribution in [3.05, 3.63) is 71.3 Å². The first-order valence-corrected chi connectivity index (χ1v) is 11.2. The fourth-order valence-electron chi connectivity index (χ4n) is 4.64. The Balaban J connectivity index is 1.32. The lowest BCUT2D eigenvalue weighted by Gasteiger charge is -2.41. The number of amides is 2. The standard InChI is InChI=1S/C25H34N4O/c1-20-8-6-7-11-22(20)18-28-14-12-23(13-15-28)26-25(30)29-17-16-27(2)19-24(29)21-9-4-3-5-10-21/h3-11,23-24H,12-19H2,1-2H3,(H,26,30). The van der Waals surface area contributed by atoms with Crippen molar-refractivity contribution in [1.29, 1.82) is 0 Å². The van der Waals surface area contributed by atoms with E-state index in [1.165, 1.54) is 16.7 Å². The molecule has 1 unspecified atom stereocenters. The van der Waals surface area contributed by atoms with E-state index in [2.05, 4.69) is 77.6 Å². The number of rotatable bonds is 4. The van der Waals surface area contributed by atoms with E-state index in [4.69, 9.17) is 0 Å². The van der Waals surface area contributed by atoms with E-state index in [1.54, 1.807) is 0 Å². The number of hydrogen-bond donors (Lipinski definition) is 1. The molecule has 0 spiro atoms. The molecule has 5 nitrogen and oxygen atoms in total. The van der Waals surface area contributed by atoms with Crippen molar-refractivity contribution in [2.24, 2.45) is 0 Å². The van der Waals surface area contributed by atoms with E-state index in [0.717, 1.165) is 52.1 Å². The number of aryl methyl sites for hydroxylation is 1. The Morgan fingerprint density at radius 2 is 1.67 bits per heavy atom. The molecule has 2 aromatic rings. The van der Waals surface area contributed by atoms with Gasteiger partial charge in [-0.1, -0.05) is 54.6 Å². The molecule has 2 fully saturated rings. The van der Waals surface area contributed by atoms with Crippen LogP contribution in [0, 0.1) is 6.92 Å². The highest BCUT2D eigenvalue weighted by atomic mass is 16.2. The summed E-state index contributed by atoms with van der Waals surface area (Å²) in [5, 5.41) is 3.34. The quantitative estimate of drug-likeness (QED) is 0.842. The van der Waals surface area contributed by atoms with Crippen molar-refractivity contribution in [2.75, 3.05) is 39.8 Å². The minimum Gasteiger partial charge on any atom is -0.335 e. The van der Waals surface area contributed by atoms with Crippen LogP contribution in [0.1, 0.15) is 35.6 Å². The molecule has 1 N–H and O–H groups in total. The van der Waals surface area contributed by atoms with E-state index in [-0.39, 0.29) is 18.1 Å². The van der Waals surface area contributed by atoms with E-state index in [9.17, 15) is 4.79 Å². The summed E-state index contributed by atoms with van der Waals surface area (Å²) in [5.74, 6) is 0. The van der Waals surface area contributed by atoms with E-state index >= 15 is 0 Å². The van der Waals surface area contributed by atoms with Gasteiger partial charge in [0.2, 0.25) is 0 Å². The smallest absolute Gasteiger partial charge is 0.318 e. The summed E-state index contributed by atoms with van der Waals surface area (Å²) in [6.07, 6.45) is 2.03. The summed E-state index contributed by atoms with van der Waals surface area (Å²) in [5.41, 5.74) is 3.98. The van der Waals surface area contributed by atoms with Gasteiger partial charge in [-0.25, -0.2) is 4.79 Å². The Hall–Kier alpha value is -2.37. The Kier molecular flexibility index (Phi) is 6.70. The van der Waals surface area contributed by atoms with Gasteiger partial charge in [0.1, 0.15) is 0 Å². The number of likely N-dealkylation sites (N-methyl/N-ethyl adjacent to an activating group) is 1. The topological polar surface area (TPSA) is 38.8 Å². The molecule has 2 aromatic carbocycles. The lowest BCUT2D eigenvalue weighted by molar-refractivity contribution is 0.103. The molecule has 2 aliphatic heterocycles. The Labute approximate surface area is 180 Å². The first kappa shape index (κ1) is 20.9. The summed E-state index contributed by atoms with van der Waals surface area (Å²) in [7, 11) is 2.13. The number of piperidine rings is 1. The number of urea groups is 1. The molecule has 0 bridgehead atoms. The maximum atomic E-state index is 13.2. The van der Waals surface area contributed by atoms with Crippen molar-refractivity contribution in [3.8, 4) is 0 Å². The Morgan fingerprint density at radius 1 is 0.967 bits per heavy atom. The lowest BCUT2D eigenvalue weighted by Crippen LogP contribution is -2.55. The predicted octanol–water partition coefficient (Wildman–Crippen LogP) is 3.66. The maximum absolute atomic E-state index is 13.2. The van der Waals surface area contributed by atoms with Crippen LogP contribution in [-0.2, 0) is 6.54 Å². The SMILES string of the molecule is Cc1ccccc1CN1CCC(NC(=O)N2CCN(C)CC2c2ccccc2)CC1. The fourth-order valence-corrected chi connectivity index (χ4v) is 4.64. The van der Waals surface area contributed by atoms with Crippen molar-refractivity contribution in [3.63, 3.8) is 0 Å². The molecule has 1 atom stereocenters. The molecule has 0 saturated carbocycles. The number of nitrogens with one attached hydrogen (secondary N) is 1. The summed E-state index contributed by atoms with van der Waals surface area (Å²) in [4.78, 5) is 20.0. The van der Waals surface area contributed by atoms with Gasteiger partial charge < -0.3 is 15.1 Å². The van der Waals surface area contributed by atoms with Gasteiger partial charge in [-0.2, -0.15) is 0 Å². The van der Waals surface area contributed by atoms with Crippen LogP contribution in [-0.4, -0.2) is 66.5 Å². The summed E-state index contributed by atoms with van der Waals surface area (Å²) >= 11 is 0. The van der Waals surface area contributed by atoms with Crippen LogP contribution >= 0.6 is 0 Å². The van der Waals surface area contributed by atoms with E-state index in [1.807, 2.05) is 11.0 Å². The third kappa shape index (κ3) is 5.02. The van der Waals surface area contributed by atoms with Crippen LogP contribution in [0.4, 0.5) is 4.79 Å². The molecule has 4 rings (SSSR count). The van der Waals surface area contributed by atoms with Crippen molar-refractivity contribution >= 4 is 6.03 Å².